The van der Waals surface area contributed by atoms with E-state index in [2.05, 4.69) is 16.8 Å². The molecule has 0 amide bonds. The first-order valence-corrected chi connectivity index (χ1v) is 6.40. The molecule has 0 aliphatic rings. The summed E-state index contributed by atoms with van der Waals surface area (Å²) in [7, 11) is 0. The first-order valence-electron chi connectivity index (χ1n) is 6.40. The van der Waals surface area contributed by atoms with Gasteiger partial charge in [0.15, 0.2) is 0 Å². The number of anilines is 1. The fourth-order valence-corrected chi connectivity index (χ4v) is 1.99. The van der Waals surface area contributed by atoms with Crippen LogP contribution in [0.15, 0.2) is 6.20 Å². The number of aryl methyl sites for hydroxylation is 1. The first kappa shape index (κ1) is 14.9. The third kappa shape index (κ3) is 3.96. The molecule has 0 spiro atoms. The number of nitrogens with zero attached hydrogens (tertiary/aromatic N) is 2. The highest BCUT2D eigenvalue weighted by molar-refractivity contribution is 5.53. The van der Waals surface area contributed by atoms with Gasteiger partial charge in [-0.3, -0.25) is 9.88 Å². The lowest BCUT2D eigenvalue weighted by Gasteiger charge is -2.28. The second-order valence-corrected chi connectivity index (χ2v) is 5.54. The third-order valence-corrected chi connectivity index (χ3v) is 3.11. The molecular weight excluding hydrogens is 226 g/mol. The van der Waals surface area contributed by atoms with Crippen LogP contribution < -0.4 is 5.73 Å². The summed E-state index contributed by atoms with van der Waals surface area (Å²) < 4.78 is 0. The third-order valence-electron chi connectivity index (χ3n) is 3.11. The van der Waals surface area contributed by atoms with E-state index < -0.39 is 5.60 Å². The maximum Gasteiger partial charge on any atom is 0.0718 e. The van der Waals surface area contributed by atoms with Gasteiger partial charge in [-0.05, 0) is 45.4 Å². The van der Waals surface area contributed by atoms with E-state index in [0.717, 1.165) is 35.6 Å². The molecule has 0 bridgehead atoms. The fourth-order valence-electron chi connectivity index (χ4n) is 1.99. The number of aliphatic hydroxyl groups is 1. The van der Waals surface area contributed by atoms with Crippen molar-refractivity contribution in [2.24, 2.45) is 0 Å². The van der Waals surface area contributed by atoms with Crippen LogP contribution in [0, 0.1) is 13.8 Å². The van der Waals surface area contributed by atoms with Crippen LogP contribution in [0.4, 0.5) is 5.69 Å². The van der Waals surface area contributed by atoms with E-state index in [0.29, 0.717) is 6.54 Å². The number of pyridine rings is 1. The molecule has 4 heteroatoms. The van der Waals surface area contributed by atoms with E-state index in [-0.39, 0.29) is 0 Å². The van der Waals surface area contributed by atoms with Crippen LogP contribution in [0.3, 0.4) is 0 Å². The number of rotatable bonds is 5. The Hall–Kier alpha value is -1.13. The minimum atomic E-state index is -0.694. The zero-order valence-electron chi connectivity index (χ0n) is 12.1. The molecule has 0 fully saturated rings. The Labute approximate surface area is 110 Å². The van der Waals surface area contributed by atoms with E-state index in [1.54, 1.807) is 0 Å². The normalized spacial score (nSPS) is 12.2. The summed E-state index contributed by atoms with van der Waals surface area (Å²) in [6, 6.07) is 0. The molecule has 0 saturated carbocycles. The van der Waals surface area contributed by atoms with Crippen LogP contribution in [0.2, 0.25) is 0 Å². The van der Waals surface area contributed by atoms with Gasteiger partial charge in [0.1, 0.15) is 0 Å². The molecule has 102 valence electrons. The minimum absolute atomic E-state index is 0.623. The average molecular weight is 251 g/mol. The molecule has 0 radical (unpaired) electrons. The van der Waals surface area contributed by atoms with E-state index in [4.69, 9.17) is 5.73 Å². The Kier molecular flexibility index (Phi) is 4.71. The zero-order valence-corrected chi connectivity index (χ0v) is 12.1. The molecule has 0 atom stereocenters. The van der Waals surface area contributed by atoms with Gasteiger partial charge >= 0.3 is 0 Å². The number of nitrogens with two attached hydrogens (primary N) is 1. The smallest absolute Gasteiger partial charge is 0.0718 e. The predicted octanol–water partition coefficient (Wildman–Crippen LogP) is 1.87. The van der Waals surface area contributed by atoms with Gasteiger partial charge in [-0.25, -0.2) is 0 Å². The van der Waals surface area contributed by atoms with Crippen LogP contribution in [0.25, 0.3) is 0 Å². The lowest BCUT2D eigenvalue weighted by molar-refractivity contribution is 0.0349. The summed E-state index contributed by atoms with van der Waals surface area (Å²) in [5.74, 6) is 0. The van der Waals surface area contributed by atoms with Gasteiger partial charge in [0.2, 0.25) is 0 Å². The van der Waals surface area contributed by atoms with Crippen molar-refractivity contribution in [1.82, 2.24) is 9.88 Å². The van der Waals surface area contributed by atoms with Crippen LogP contribution in [0.1, 0.15) is 37.6 Å². The van der Waals surface area contributed by atoms with E-state index in [1.165, 1.54) is 0 Å². The molecule has 0 aromatic carbocycles. The zero-order chi connectivity index (χ0) is 13.9. The second-order valence-electron chi connectivity index (χ2n) is 5.54. The summed E-state index contributed by atoms with van der Waals surface area (Å²) in [6.45, 7) is 11.9. The van der Waals surface area contributed by atoms with Crippen molar-refractivity contribution in [3.8, 4) is 0 Å². The lowest BCUT2D eigenvalue weighted by atomic mass is 10.1. The van der Waals surface area contributed by atoms with E-state index in [9.17, 15) is 5.11 Å². The Morgan fingerprint density at radius 2 is 2.00 bits per heavy atom. The number of hydrogen-bond acceptors (Lipinski definition) is 4. The first-order chi connectivity index (χ1) is 8.24. The number of hydrogen-bond donors (Lipinski definition) is 2. The molecule has 1 aromatic heterocycles. The highest BCUT2D eigenvalue weighted by Gasteiger charge is 2.18. The fraction of sp³-hybridized carbons (Fsp3) is 0.643. The Balaban J connectivity index is 2.86. The molecule has 0 saturated heterocycles. The molecular formula is C14H25N3O. The highest BCUT2D eigenvalue weighted by Crippen LogP contribution is 2.19. The van der Waals surface area contributed by atoms with Gasteiger partial charge in [-0.2, -0.15) is 0 Å². The number of nitrogen functional groups attached to an aromatic ring is 1. The predicted molar refractivity (Wildman–Crippen MR) is 75.4 cm³/mol. The monoisotopic (exact) mass is 251 g/mol. The molecule has 0 aliphatic heterocycles. The molecule has 18 heavy (non-hydrogen) atoms. The lowest BCUT2D eigenvalue weighted by Crippen LogP contribution is -2.38. The maximum absolute atomic E-state index is 9.88. The highest BCUT2D eigenvalue weighted by atomic mass is 16.3. The molecule has 1 rings (SSSR count). The molecule has 0 unspecified atom stereocenters. The van der Waals surface area contributed by atoms with Crippen LogP contribution >= 0.6 is 0 Å². The largest absolute Gasteiger partial charge is 0.398 e. The van der Waals surface area contributed by atoms with Crippen molar-refractivity contribution in [3.05, 3.63) is 23.0 Å². The van der Waals surface area contributed by atoms with E-state index in [1.807, 2.05) is 33.9 Å². The van der Waals surface area contributed by atoms with E-state index >= 15 is 0 Å². The summed E-state index contributed by atoms with van der Waals surface area (Å²) in [4.78, 5) is 6.62. The molecule has 1 heterocycles. The topological polar surface area (TPSA) is 62.4 Å². The number of likely N-dealkylation sites (N-methyl/N-ethyl adjacent to an activating group) is 1. The summed E-state index contributed by atoms with van der Waals surface area (Å²) in [6.07, 6.45) is 1.82. The van der Waals surface area contributed by atoms with Gasteiger partial charge < -0.3 is 10.8 Å². The van der Waals surface area contributed by atoms with Gasteiger partial charge in [-0.1, -0.05) is 6.92 Å². The standard InChI is InChI=1S/C14H25N3O/c1-6-17(9-14(4,5)18)8-12-11(3)13(15)10(2)7-16-12/h7,18H,6,8-9H2,1-5H3,(H2,15,16). The second kappa shape index (κ2) is 5.67. The van der Waals surface area contributed by atoms with Gasteiger partial charge in [-0.15, -0.1) is 0 Å². The Morgan fingerprint density at radius 3 is 2.50 bits per heavy atom. The molecule has 1 aromatic rings. The molecule has 3 N–H and O–H groups in total. The summed E-state index contributed by atoms with van der Waals surface area (Å²) >= 11 is 0. The van der Waals surface area contributed by atoms with Crippen LogP contribution in [0.5, 0.6) is 0 Å². The van der Waals surface area contributed by atoms with Gasteiger partial charge in [0.05, 0.1) is 11.3 Å². The minimum Gasteiger partial charge on any atom is -0.398 e. The average Bonchev–Trinajstić information content (AvgIpc) is 2.27. The van der Waals surface area contributed by atoms with Crippen molar-refractivity contribution in [2.75, 3.05) is 18.8 Å². The van der Waals surface area contributed by atoms with Crippen molar-refractivity contribution < 1.29 is 5.11 Å². The number of aromatic nitrogens is 1. The van der Waals surface area contributed by atoms with Crippen molar-refractivity contribution in [1.29, 1.82) is 0 Å². The van der Waals surface area contributed by atoms with Gasteiger partial charge in [0, 0.05) is 25.0 Å². The molecule has 0 aliphatic carbocycles. The quantitative estimate of drug-likeness (QED) is 0.838. The SMILES string of the molecule is CCN(Cc1ncc(C)c(N)c1C)CC(C)(C)O. The maximum atomic E-state index is 9.88. The van der Waals surface area contributed by atoms with Crippen molar-refractivity contribution in [2.45, 2.75) is 46.8 Å². The van der Waals surface area contributed by atoms with Crippen LogP contribution in [-0.4, -0.2) is 33.7 Å². The van der Waals surface area contributed by atoms with Crippen molar-refractivity contribution >= 4 is 5.69 Å². The van der Waals surface area contributed by atoms with Crippen LogP contribution in [-0.2, 0) is 6.54 Å². The van der Waals surface area contributed by atoms with Gasteiger partial charge in [0.25, 0.3) is 0 Å². The Bertz CT molecular complexity index is 410. The summed E-state index contributed by atoms with van der Waals surface area (Å²) in [5.41, 5.74) is 9.19. The molecule has 4 nitrogen and oxygen atoms in total. The summed E-state index contributed by atoms with van der Waals surface area (Å²) in [5, 5.41) is 9.88. The van der Waals surface area contributed by atoms with Crippen molar-refractivity contribution in [3.63, 3.8) is 0 Å². The Morgan fingerprint density at radius 1 is 1.39 bits per heavy atom.